The second-order valence-corrected chi connectivity index (χ2v) is 6.53. The number of ether oxygens (including phenoxy) is 2. The van der Waals surface area contributed by atoms with Crippen molar-refractivity contribution in [3.05, 3.63) is 42.2 Å². The van der Waals surface area contributed by atoms with E-state index in [0.29, 0.717) is 36.7 Å². The predicted molar refractivity (Wildman–Crippen MR) is 106 cm³/mol. The van der Waals surface area contributed by atoms with E-state index in [1.54, 1.807) is 24.1 Å². The minimum Gasteiger partial charge on any atom is -0.489 e. The van der Waals surface area contributed by atoms with Crippen molar-refractivity contribution in [1.29, 1.82) is 5.26 Å². The maximum absolute atomic E-state index is 12.6. The number of rotatable bonds is 5. The van der Waals surface area contributed by atoms with Crippen LogP contribution in [0.5, 0.6) is 5.75 Å². The van der Waals surface area contributed by atoms with Gasteiger partial charge in [-0.15, -0.1) is 0 Å². The molecular formula is C21H22N4O4. The van der Waals surface area contributed by atoms with Gasteiger partial charge in [0.15, 0.2) is 0 Å². The van der Waals surface area contributed by atoms with Crippen LogP contribution in [0.1, 0.15) is 26.0 Å². The first-order valence-electron chi connectivity index (χ1n) is 9.37. The van der Waals surface area contributed by atoms with E-state index >= 15 is 0 Å². The molecule has 0 fully saturated rings. The van der Waals surface area contributed by atoms with Crippen LogP contribution in [0.25, 0.3) is 11.1 Å². The Labute approximate surface area is 169 Å². The van der Waals surface area contributed by atoms with Crippen LogP contribution in [-0.4, -0.2) is 42.8 Å². The molecule has 2 amide bonds. The van der Waals surface area contributed by atoms with Crippen LogP contribution in [0.15, 0.2) is 36.5 Å². The van der Waals surface area contributed by atoms with E-state index in [2.05, 4.69) is 10.3 Å². The number of hydrogen-bond donors (Lipinski definition) is 1. The molecule has 150 valence electrons. The second kappa shape index (κ2) is 9.06. The highest BCUT2D eigenvalue weighted by atomic mass is 16.6. The summed E-state index contributed by atoms with van der Waals surface area (Å²) < 4.78 is 11.2. The molecule has 1 aromatic carbocycles. The van der Waals surface area contributed by atoms with Gasteiger partial charge >= 0.3 is 6.09 Å². The third-order valence-electron chi connectivity index (χ3n) is 4.54. The van der Waals surface area contributed by atoms with E-state index in [-0.39, 0.29) is 18.6 Å². The minimum atomic E-state index is -0.447. The quantitative estimate of drug-likeness (QED) is 0.836. The molecule has 3 rings (SSSR count). The highest BCUT2D eigenvalue weighted by molar-refractivity contribution is 5.92. The van der Waals surface area contributed by atoms with E-state index in [1.807, 2.05) is 30.3 Å². The second-order valence-electron chi connectivity index (χ2n) is 6.53. The zero-order chi connectivity index (χ0) is 20.8. The summed E-state index contributed by atoms with van der Waals surface area (Å²) in [6, 6.07) is 10.7. The molecule has 1 atom stereocenters. The van der Waals surface area contributed by atoms with Gasteiger partial charge in [-0.05, 0) is 43.2 Å². The zero-order valence-electron chi connectivity index (χ0n) is 16.3. The molecular weight excluding hydrogens is 372 g/mol. The predicted octanol–water partition coefficient (Wildman–Crippen LogP) is 2.87. The SMILES string of the molecule is CCOC(=O)N1c2ccc(-c3ccc(C#N)nc3)cc2OC[C@H]1CCNC(C)=O. The molecule has 1 aromatic heterocycles. The molecule has 0 radical (unpaired) electrons. The third-order valence-corrected chi connectivity index (χ3v) is 4.54. The maximum Gasteiger partial charge on any atom is 0.414 e. The summed E-state index contributed by atoms with van der Waals surface area (Å²) >= 11 is 0. The average molecular weight is 394 g/mol. The molecule has 1 aliphatic rings. The molecule has 8 heteroatoms. The topological polar surface area (TPSA) is 105 Å². The van der Waals surface area contributed by atoms with E-state index in [0.717, 1.165) is 11.1 Å². The Kier molecular flexibility index (Phi) is 6.29. The number of amides is 2. The van der Waals surface area contributed by atoms with Crippen LogP contribution in [-0.2, 0) is 9.53 Å². The Bertz CT molecular complexity index is 937. The van der Waals surface area contributed by atoms with Gasteiger partial charge in [-0.25, -0.2) is 9.78 Å². The Morgan fingerprint density at radius 1 is 1.34 bits per heavy atom. The molecule has 0 bridgehead atoms. The number of carbonyl (C=O) groups is 2. The number of carbonyl (C=O) groups excluding carboxylic acids is 2. The van der Waals surface area contributed by atoms with E-state index in [9.17, 15) is 9.59 Å². The first-order valence-corrected chi connectivity index (χ1v) is 9.37. The normalized spacial score (nSPS) is 14.9. The van der Waals surface area contributed by atoms with Crippen LogP contribution in [0.4, 0.5) is 10.5 Å². The van der Waals surface area contributed by atoms with Gasteiger partial charge in [0.25, 0.3) is 0 Å². The summed E-state index contributed by atoms with van der Waals surface area (Å²) in [6.45, 7) is 4.20. The smallest absolute Gasteiger partial charge is 0.414 e. The summed E-state index contributed by atoms with van der Waals surface area (Å²) in [5.74, 6) is 0.446. The number of fused-ring (bicyclic) bond motifs is 1. The summed E-state index contributed by atoms with van der Waals surface area (Å²) in [6.07, 6.45) is 1.72. The van der Waals surface area contributed by atoms with E-state index in [4.69, 9.17) is 14.7 Å². The first-order chi connectivity index (χ1) is 14.0. The highest BCUT2D eigenvalue weighted by Crippen LogP contribution is 2.38. The molecule has 1 N–H and O–H groups in total. The Balaban J connectivity index is 1.88. The van der Waals surface area contributed by atoms with Crippen molar-refractivity contribution in [3.8, 4) is 22.9 Å². The third kappa shape index (κ3) is 4.63. The van der Waals surface area contributed by atoms with Crippen LogP contribution in [0.2, 0.25) is 0 Å². The average Bonchev–Trinajstić information content (AvgIpc) is 2.73. The Morgan fingerprint density at radius 3 is 2.79 bits per heavy atom. The van der Waals surface area contributed by atoms with Crippen LogP contribution >= 0.6 is 0 Å². The Hall–Kier alpha value is -3.60. The lowest BCUT2D eigenvalue weighted by Crippen LogP contribution is -2.48. The van der Waals surface area contributed by atoms with E-state index < -0.39 is 6.09 Å². The summed E-state index contributed by atoms with van der Waals surface area (Å²) in [5.41, 5.74) is 2.67. The number of benzene rings is 1. The van der Waals surface area contributed by atoms with Crippen molar-refractivity contribution in [2.45, 2.75) is 26.3 Å². The lowest BCUT2D eigenvalue weighted by Gasteiger charge is -2.36. The molecule has 0 unspecified atom stereocenters. The fraction of sp³-hybridized carbons (Fsp3) is 0.333. The van der Waals surface area contributed by atoms with Gasteiger partial charge in [-0.1, -0.05) is 6.07 Å². The molecule has 0 saturated heterocycles. The van der Waals surface area contributed by atoms with Crippen molar-refractivity contribution in [2.75, 3.05) is 24.7 Å². The van der Waals surface area contributed by atoms with Crippen molar-refractivity contribution in [1.82, 2.24) is 10.3 Å². The van der Waals surface area contributed by atoms with Gasteiger partial charge in [-0.3, -0.25) is 9.69 Å². The van der Waals surface area contributed by atoms with E-state index in [1.165, 1.54) is 6.92 Å². The monoisotopic (exact) mass is 394 g/mol. The number of anilines is 1. The van der Waals surface area contributed by atoms with Crippen LogP contribution in [0, 0.1) is 11.3 Å². The minimum absolute atomic E-state index is 0.120. The maximum atomic E-state index is 12.6. The van der Waals surface area contributed by atoms with Crippen molar-refractivity contribution >= 4 is 17.7 Å². The van der Waals surface area contributed by atoms with Gasteiger partial charge in [0.05, 0.1) is 18.3 Å². The lowest BCUT2D eigenvalue weighted by atomic mass is 10.0. The van der Waals surface area contributed by atoms with Crippen molar-refractivity contribution in [2.24, 2.45) is 0 Å². The fourth-order valence-electron chi connectivity index (χ4n) is 3.16. The number of hydrogen-bond acceptors (Lipinski definition) is 6. The standard InChI is InChI=1S/C21H22N4O4/c1-3-28-21(27)25-18(8-9-23-14(2)26)13-29-20-10-15(5-7-19(20)25)16-4-6-17(11-22)24-12-16/h4-7,10,12,18H,3,8-9,13H2,1-2H3,(H,23,26)/t18-/m1/s1. The van der Waals surface area contributed by atoms with Crippen LogP contribution < -0.4 is 15.0 Å². The number of nitrogens with one attached hydrogen (secondary N) is 1. The number of aromatic nitrogens is 1. The van der Waals surface area contributed by atoms with Crippen molar-refractivity contribution < 1.29 is 19.1 Å². The van der Waals surface area contributed by atoms with Gasteiger partial charge in [0, 0.05) is 25.2 Å². The zero-order valence-corrected chi connectivity index (χ0v) is 16.3. The first kappa shape index (κ1) is 20.1. The molecule has 0 saturated carbocycles. The molecule has 0 spiro atoms. The molecule has 8 nitrogen and oxygen atoms in total. The van der Waals surface area contributed by atoms with Gasteiger partial charge in [0.1, 0.15) is 24.1 Å². The number of nitrogens with zero attached hydrogens (tertiary/aromatic N) is 3. The molecule has 0 aliphatic carbocycles. The lowest BCUT2D eigenvalue weighted by molar-refractivity contribution is -0.118. The number of pyridine rings is 1. The summed E-state index contributed by atoms with van der Waals surface area (Å²) in [5, 5.41) is 11.6. The molecule has 2 heterocycles. The number of nitriles is 1. The highest BCUT2D eigenvalue weighted by Gasteiger charge is 2.33. The summed E-state index contributed by atoms with van der Waals surface area (Å²) in [7, 11) is 0. The Morgan fingerprint density at radius 2 is 2.14 bits per heavy atom. The molecule has 29 heavy (non-hydrogen) atoms. The van der Waals surface area contributed by atoms with Gasteiger partial charge in [-0.2, -0.15) is 5.26 Å². The van der Waals surface area contributed by atoms with Gasteiger partial charge in [0.2, 0.25) is 5.91 Å². The van der Waals surface area contributed by atoms with Crippen molar-refractivity contribution in [3.63, 3.8) is 0 Å². The van der Waals surface area contributed by atoms with Gasteiger partial charge < -0.3 is 14.8 Å². The molecule has 2 aromatic rings. The van der Waals surface area contributed by atoms with Crippen LogP contribution in [0.3, 0.4) is 0 Å². The summed E-state index contributed by atoms with van der Waals surface area (Å²) in [4.78, 5) is 29.4. The largest absolute Gasteiger partial charge is 0.489 e. The molecule has 1 aliphatic heterocycles. The fourth-order valence-corrected chi connectivity index (χ4v) is 3.16.